The van der Waals surface area contributed by atoms with Crippen molar-refractivity contribution in [1.29, 1.82) is 0 Å². The number of carbonyl (C=O) groups is 1. The molecule has 0 unspecified atom stereocenters. The highest BCUT2D eigenvalue weighted by Gasteiger charge is 2.25. The quantitative estimate of drug-likeness (QED) is 0.854. The second-order valence-corrected chi connectivity index (χ2v) is 4.17. The van der Waals surface area contributed by atoms with Crippen LogP contribution in [-0.2, 0) is 11.2 Å². The Labute approximate surface area is 92.4 Å². The van der Waals surface area contributed by atoms with Crippen LogP contribution in [0.15, 0.2) is 18.2 Å². The Morgan fingerprint density at radius 2 is 2.27 bits per heavy atom. The molecule has 0 bridgehead atoms. The van der Waals surface area contributed by atoms with Crippen LogP contribution in [0.5, 0.6) is 0 Å². The molecule has 0 saturated carbocycles. The van der Waals surface area contributed by atoms with Gasteiger partial charge < -0.3 is 5.32 Å². The molecular weight excluding hydrogens is 217 g/mol. The maximum absolute atomic E-state index is 13.3. The van der Waals surface area contributed by atoms with Crippen molar-refractivity contribution in [2.24, 2.45) is 5.92 Å². The van der Waals surface area contributed by atoms with Crippen molar-refractivity contribution in [3.05, 3.63) is 34.6 Å². The summed E-state index contributed by atoms with van der Waals surface area (Å²) in [6.07, 6.45) is 0.162. The van der Waals surface area contributed by atoms with Gasteiger partial charge in [-0.3, -0.25) is 4.79 Å². The lowest BCUT2D eigenvalue weighted by atomic mass is 9.93. The summed E-state index contributed by atoms with van der Waals surface area (Å²) < 4.78 is 13.3. The van der Waals surface area contributed by atoms with Crippen LogP contribution in [0.1, 0.15) is 5.56 Å². The fourth-order valence-electron chi connectivity index (χ4n) is 1.51. The zero-order valence-electron chi connectivity index (χ0n) is 8.09. The fraction of sp³-hybridized carbons (Fsp3) is 0.364. The second-order valence-electron chi connectivity index (χ2n) is 3.73. The van der Waals surface area contributed by atoms with E-state index in [4.69, 9.17) is 11.6 Å². The maximum Gasteiger partial charge on any atom is 0.142 e. The third-order valence-electron chi connectivity index (χ3n) is 2.62. The number of carbonyl (C=O) groups excluding carboxylic acids is 1. The first-order valence-electron chi connectivity index (χ1n) is 4.84. The highest BCUT2D eigenvalue weighted by atomic mass is 35.5. The van der Waals surface area contributed by atoms with E-state index in [0.29, 0.717) is 23.7 Å². The summed E-state index contributed by atoms with van der Waals surface area (Å²) in [5.41, 5.74) is 0.427. The summed E-state index contributed by atoms with van der Waals surface area (Å²) in [4.78, 5) is 11.6. The van der Waals surface area contributed by atoms with Gasteiger partial charge in [-0.15, -0.1) is 0 Å². The van der Waals surface area contributed by atoms with Gasteiger partial charge in [0.05, 0.1) is 0 Å². The van der Waals surface area contributed by atoms with Gasteiger partial charge >= 0.3 is 0 Å². The van der Waals surface area contributed by atoms with E-state index in [-0.39, 0.29) is 18.1 Å². The molecule has 0 spiro atoms. The third-order valence-corrected chi connectivity index (χ3v) is 2.85. The first-order valence-corrected chi connectivity index (χ1v) is 5.22. The molecule has 1 aliphatic rings. The van der Waals surface area contributed by atoms with Crippen LogP contribution in [0.4, 0.5) is 4.39 Å². The number of hydrogen-bond donors (Lipinski definition) is 1. The van der Waals surface area contributed by atoms with Crippen molar-refractivity contribution in [1.82, 2.24) is 5.32 Å². The molecule has 1 saturated heterocycles. The number of halogens is 2. The Morgan fingerprint density at radius 1 is 1.53 bits per heavy atom. The number of Topliss-reactive ketones (excluding diaryl/α,β-unsaturated/α-hetero) is 1. The molecule has 1 aliphatic heterocycles. The first kappa shape index (κ1) is 10.6. The molecule has 15 heavy (non-hydrogen) atoms. The van der Waals surface area contributed by atoms with Crippen LogP contribution < -0.4 is 5.32 Å². The van der Waals surface area contributed by atoms with Gasteiger partial charge in [-0.25, -0.2) is 4.39 Å². The summed E-state index contributed by atoms with van der Waals surface area (Å²) in [6.45, 7) is 1.43. The van der Waals surface area contributed by atoms with Gasteiger partial charge in [0, 0.05) is 30.5 Å². The third kappa shape index (κ3) is 2.36. The average Bonchev–Trinajstić information content (AvgIpc) is 2.07. The molecule has 1 N–H and O–H groups in total. The summed E-state index contributed by atoms with van der Waals surface area (Å²) >= 11 is 5.62. The first-order chi connectivity index (χ1) is 7.16. The number of nitrogens with one attached hydrogen (secondary N) is 1. The summed E-state index contributed by atoms with van der Waals surface area (Å²) in [6, 6.07) is 4.41. The molecule has 0 amide bonds. The van der Waals surface area contributed by atoms with Gasteiger partial charge in [0.2, 0.25) is 0 Å². The number of benzene rings is 1. The van der Waals surface area contributed by atoms with E-state index in [1.54, 1.807) is 12.1 Å². The molecule has 2 rings (SSSR count). The molecule has 0 aromatic heterocycles. The minimum Gasteiger partial charge on any atom is -0.315 e. The van der Waals surface area contributed by atoms with Crippen molar-refractivity contribution in [3.63, 3.8) is 0 Å². The summed E-state index contributed by atoms with van der Waals surface area (Å²) in [5, 5.41) is 3.37. The van der Waals surface area contributed by atoms with Crippen LogP contribution in [0, 0.1) is 11.7 Å². The number of rotatable bonds is 3. The average molecular weight is 228 g/mol. The molecule has 0 atom stereocenters. The van der Waals surface area contributed by atoms with Gasteiger partial charge in [0.25, 0.3) is 0 Å². The van der Waals surface area contributed by atoms with Crippen LogP contribution >= 0.6 is 11.6 Å². The van der Waals surface area contributed by atoms with Gasteiger partial charge in [-0.1, -0.05) is 17.7 Å². The van der Waals surface area contributed by atoms with Crippen LogP contribution in [0.25, 0.3) is 0 Å². The van der Waals surface area contributed by atoms with E-state index in [0.717, 1.165) is 0 Å². The Hall–Kier alpha value is -0.930. The molecule has 2 nitrogen and oxygen atoms in total. The van der Waals surface area contributed by atoms with E-state index < -0.39 is 5.82 Å². The SMILES string of the molecule is O=C(Cc1ccc(Cl)cc1F)C1CNC1. The number of ketones is 1. The standard InChI is InChI=1S/C11H11ClFNO/c12-9-2-1-7(10(13)4-9)3-11(15)8-5-14-6-8/h1-2,4,8,14H,3,5-6H2. The lowest BCUT2D eigenvalue weighted by Gasteiger charge is -2.25. The zero-order valence-corrected chi connectivity index (χ0v) is 8.85. The van der Waals surface area contributed by atoms with Gasteiger partial charge in [-0.2, -0.15) is 0 Å². The Kier molecular flexibility index (Phi) is 3.03. The molecule has 1 heterocycles. The zero-order chi connectivity index (χ0) is 10.8. The summed E-state index contributed by atoms with van der Waals surface area (Å²) in [7, 11) is 0. The maximum atomic E-state index is 13.3. The lowest BCUT2D eigenvalue weighted by molar-refractivity contribution is -0.123. The Balaban J connectivity index is 2.06. The van der Waals surface area contributed by atoms with Crippen molar-refractivity contribution in [2.45, 2.75) is 6.42 Å². The van der Waals surface area contributed by atoms with E-state index >= 15 is 0 Å². The van der Waals surface area contributed by atoms with Crippen LogP contribution in [0.3, 0.4) is 0 Å². The minimum atomic E-state index is -0.400. The smallest absolute Gasteiger partial charge is 0.142 e. The number of hydrogen-bond acceptors (Lipinski definition) is 2. The van der Waals surface area contributed by atoms with Crippen LogP contribution in [0.2, 0.25) is 5.02 Å². The van der Waals surface area contributed by atoms with E-state index in [1.807, 2.05) is 0 Å². The highest BCUT2D eigenvalue weighted by Crippen LogP contribution is 2.17. The fourth-order valence-corrected chi connectivity index (χ4v) is 1.67. The predicted octanol–water partition coefficient (Wildman–Crippen LogP) is 1.81. The second kappa shape index (κ2) is 4.29. The van der Waals surface area contributed by atoms with E-state index in [1.165, 1.54) is 6.07 Å². The molecule has 1 aromatic carbocycles. The molecule has 4 heteroatoms. The van der Waals surface area contributed by atoms with E-state index in [2.05, 4.69) is 5.32 Å². The van der Waals surface area contributed by atoms with Crippen LogP contribution in [-0.4, -0.2) is 18.9 Å². The highest BCUT2D eigenvalue weighted by molar-refractivity contribution is 6.30. The lowest BCUT2D eigenvalue weighted by Crippen LogP contribution is -2.47. The van der Waals surface area contributed by atoms with Gasteiger partial charge in [0.15, 0.2) is 0 Å². The molecule has 1 fully saturated rings. The minimum absolute atomic E-state index is 0.0556. The van der Waals surface area contributed by atoms with Crippen molar-refractivity contribution < 1.29 is 9.18 Å². The predicted molar refractivity (Wildman–Crippen MR) is 56.5 cm³/mol. The Morgan fingerprint density at radius 3 is 2.80 bits per heavy atom. The van der Waals surface area contributed by atoms with E-state index in [9.17, 15) is 9.18 Å². The largest absolute Gasteiger partial charge is 0.315 e. The molecule has 0 radical (unpaired) electrons. The molecule has 0 aliphatic carbocycles. The molecule has 80 valence electrons. The topological polar surface area (TPSA) is 29.1 Å². The van der Waals surface area contributed by atoms with Gasteiger partial charge in [-0.05, 0) is 17.7 Å². The van der Waals surface area contributed by atoms with Crippen molar-refractivity contribution in [2.75, 3.05) is 13.1 Å². The Bertz CT molecular complexity index is 390. The van der Waals surface area contributed by atoms with Crippen molar-refractivity contribution in [3.8, 4) is 0 Å². The summed E-state index contributed by atoms with van der Waals surface area (Å²) in [5.74, 6) is -0.252. The van der Waals surface area contributed by atoms with Crippen molar-refractivity contribution >= 4 is 17.4 Å². The molecular formula is C11H11ClFNO. The van der Waals surface area contributed by atoms with Gasteiger partial charge in [0.1, 0.15) is 11.6 Å². The monoisotopic (exact) mass is 227 g/mol. The normalized spacial score (nSPS) is 16.1. The molecule has 1 aromatic rings.